The first-order chi connectivity index (χ1) is 9.60. The van der Waals surface area contributed by atoms with Gasteiger partial charge in [-0.15, -0.1) is 0 Å². The van der Waals surface area contributed by atoms with Gasteiger partial charge in [-0.1, -0.05) is 29.8 Å². The van der Waals surface area contributed by atoms with Gasteiger partial charge >= 0.3 is 5.97 Å². The van der Waals surface area contributed by atoms with E-state index in [0.29, 0.717) is 16.3 Å². The molecule has 0 atom stereocenters. The van der Waals surface area contributed by atoms with Crippen molar-refractivity contribution in [1.29, 1.82) is 0 Å². The molecule has 0 bridgehead atoms. The molecule has 0 amide bonds. The van der Waals surface area contributed by atoms with E-state index in [-0.39, 0.29) is 23.9 Å². The molecule has 0 aliphatic heterocycles. The van der Waals surface area contributed by atoms with E-state index in [0.717, 1.165) is 0 Å². The summed E-state index contributed by atoms with van der Waals surface area (Å²) in [6.45, 7) is 0. The Morgan fingerprint density at radius 1 is 1.20 bits per heavy atom. The topological polar surface area (TPSA) is 55.8 Å². The van der Waals surface area contributed by atoms with Crippen LogP contribution in [0.1, 0.15) is 5.56 Å². The van der Waals surface area contributed by atoms with Crippen molar-refractivity contribution in [3.8, 4) is 17.2 Å². The molecule has 0 heterocycles. The molecule has 2 aromatic carbocycles. The third kappa shape index (κ3) is 3.42. The number of halogens is 1. The molecule has 0 aliphatic carbocycles. The molecule has 0 radical (unpaired) electrons. The second-order valence-corrected chi connectivity index (χ2v) is 4.51. The average Bonchev–Trinajstić information content (AvgIpc) is 2.43. The Morgan fingerprint density at radius 2 is 1.95 bits per heavy atom. The van der Waals surface area contributed by atoms with Gasteiger partial charge < -0.3 is 14.6 Å². The van der Waals surface area contributed by atoms with Gasteiger partial charge in [0.15, 0.2) is 11.5 Å². The highest BCUT2D eigenvalue weighted by Crippen LogP contribution is 2.34. The fourth-order valence-corrected chi connectivity index (χ4v) is 1.84. The van der Waals surface area contributed by atoms with Crippen LogP contribution in [0.15, 0.2) is 42.5 Å². The molecule has 0 saturated heterocycles. The summed E-state index contributed by atoms with van der Waals surface area (Å²) < 4.78 is 10.3. The first kappa shape index (κ1) is 14.2. The Hall–Kier alpha value is -2.20. The van der Waals surface area contributed by atoms with Crippen LogP contribution in [0.5, 0.6) is 17.2 Å². The molecule has 0 spiro atoms. The summed E-state index contributed by atoms with van der Waals surface area (Å²) >= 11 is 5.76. The Balaban J connectivity index is 2.26. The standard InChI is InChI=1S/C15H13ClO4/c1-19-15(18)8-10-4-2-3-5-13(10)20-14-7-6-11(16)9-12(14)17/h2-7,9,17H,8H2,1H3. The van der Waals surface area contributed by atoms with Gasteiger partial charge in [0.25, 0.3) is 0 Å². The number of carbonyl (C=O) groups excluding carboxylic acids is 1. The van der Waals surface area contributed by atoms with Gasteiger partial charge in [-0.2, -0.15) is 0 Å². The lowest BCUT2D eigenvalue weighted by Crippen LogP contribution is -2.05. The maximum absolute atomic E-state index is 11.4. The van der Waals surface area contributed by atoms with Crippen molar-refractivity contribution >= 4 is 17.6 Å². The van der Waals surface area contributed by atoms with Crippen molar-refractivity contribution in [2.45, 2.75) is 6.42 Å². The quantitative estimate of drug-likeness (QED) is 0.876. The summed E-state index contributed by atoms with van der Waals surface area (Å²) in [6, 6.07) is 11.6. The van der Waals surface area contributed by atoms with Crippen LogP contribution in [0.2, 0.25) is 5.02 Å². The molecule has 2 aromatic rings. The van der Waals surface area contributed by atoms with Crippen LogP contribution in [-0.4, -0.2) is 18.2 Å². The zero-order valence-corrected chi connectivity index (χ0v) is 11.6. The molecule has 5 heteroatoms. The number of rotatable bonds is 4. The number of carbonyl (C=O) groups is 1. The van der Waals surface area contributed by atoms with E-state index >= 15 is 0 Å². The van der Waals surface area contributed by atoms with Gasteiger partial charge in [0, 0.05) is 16.7 Å². The fourth-order valence-electron chi connectivity index (χ4n) is 1.67. The normalized spacial score (nSPS) is 10.1. The Labute approximate surface area is 121 Å². The van der Waals surface area contributed by atoms with Crippen molar-refractivity contribution in [1.82, 2.24) is 0 Å². The molecule has 0 aliphatic rings. The van der Waals surface area contributed by atoms with Gasteiger partial charge in [-0.05, 0) is 18.2 Å². The Morgan fingerprint density at radius 3 is 2.65 bits per heavy atom. The summed E-state index contributed by atoms with van der Waals surface area (Å²) in [5.74, 6) is 0.328. The van der Waals surface area contributed by atoms with Crippen molar-refractivity contribution in [3.63, 3.8) is 0 Å². The van der Waals surface area contributed by atoms with Crippen molar-refractivity contribution < 1.29 is 19.4 Å². The Kier molecular flexibility index (Phi) is 4.48. The predicted molar refractivity (Wildman–Crippen MR) is 75.4 cm³/mol. The minimum atomic E-state index is -0.360. The minimum Gasteiger partial charge on any atom is -0.504 e. The summed E-state index contributed by atoms with van der Waals surface area (Å²) in [5.41, 5.74) is 0.675. The summed E-state index contributed by atoms with van der Waals surface area (Å²) in [6.07, 6.45) is 0.0982. The lowest BCUT2D eigenvalue weighted by Gasteiger charge is -2.11. The van der Waals surface area contributed by atoms with Crippen LogP contribution in [0.3, 0.4) is 0 Å². The van der Waals surface area contributed by atoms with Gasteiger partial charge in [-0.3, -0.25) is 4.79 Å². The maximum Gasteiger partial charge on any atom is 0.310 e. The smallest absolute Gasteiger partial charge is 0.310 e. The van der Waals surface area contributed by atoms with Crippen LogP contribution >= 0.6 is 11.6 Å². The molecule has 2 rings (SSSR count). The molecule has 20 heavy (non-hydrogen) atoms. The van der Waals surface area contributed by atoms with Crippen molar-refractivity contribution in [2.75, 3.05) is 7.11 Å². The molecule has 0 aromatic heterocycles. The number of hydrogen-bond donors (Lipinski definition) is 1. The van der Waals surface area contributed by atoms with Crippen LogP contribution in [0.25, 0.3) is 0 Å². The van der Waals surface area contributed by atoms with Crippen LogP contribution in [-0.2, 0) is 16.0 Å². The number of ether oxygens (including phenoxy) is 2. The lowest BCUT2D eigenvalue weighted by molar-refractivity contribution is -0.139. The molecule has 104 valence electrons. The van der Waals surface area contributed by atoms with E-state index < -0.39 is 0 Å². The second kappa shape index (κ2) is 6.30. The van der Waals surface area contributed by atoms with Crippen LogP contribution in [0, 0.1) is 0 Å². The molecule has 4 nitrogen and oxygen atoms in total. The maximum atomic E-state index is 11.4. The number of para-hydroxylation sites is 1. The van der Waals surface area contributed by atoms with Gasteiger partial charge in [-0.25, -0.2) is 0 Å². The van der Waals surface area contributed by atoms with E-state index in [9.17, 15) is 9.90 Å². The zero-order valence-electron chi connectivity index (χ0n) is 10.8. The predicted octanol–water partition coefficient (Wildman–Crippen LogP) is 3.55. The summed E-state index contributed by atoms with van der Waals surface area (Å²) in [5, 5.41) is 10.2. The number of phenolic OH excluding ortho intramolecular Hbond substituents is 1. The number of phenols is 1. The van der Waals surface area contributed by atoms with Crippen molar-refractivity contribution in [2.24, 2.45) is 0 Å². The van der Waals surface area contributed by atoms with E-state index in [2.05, 4.69) is 4.74 Å². The van der Waals surface area contributed by atoms with Crippen LogP contribution < -0.4 is 4.74 Å². The Bertz CT molecular complexity index is 625. The lowest BCUT2D eigenvalue weighted by atomic mass is 10.1. The zero-order chi connectivity index (χ0) is 14.5. The van der Waals surface area contributed by atoms with E-state index in [1.54, 1.807) is 36.4 Å². The largest absolute Gasteiger partial charge is 0.504 e. The highest BCUT2D eigenvalue weighted by molar-refractivity contribution is 6.30. The number of esters is 1. The number of hydrogen-bond acceptors (Lipinski definition) is 4. The second-order valence-electron chi connectivity index (χ2n) is 4.07. The first-order valence-corrected chi connectivity index (χ1v) is 6.29. The van der Waals surface area contributed by atoms with E-state index in [4.69, 9.17) is 16.3 Å². The third-order valence-electron chi connectivity index (χ3n) is 2.68. The summed E-state index contributed by atoms with van der Waals surface area (Å²) in [4.78, 5) is 11.4. The van der Waals surface area contributed by atoms with Gasteiger partial charge in [0.1, 0.15) is 5.75 Å². The third-order valence-corrected chi connectivity index (χ3v) is 2.91. The number of benzene rings is 2. The molecule has 0 fully saturated rings. The van der Waals surface area contributed by atoms with Crippen LogP contribution in [0.4, 0.5) is 0 Å². The van der Waals surface area contributed by atoms with Crippen molar-refractivity contribution in [3.05, 3.63) is 53.1 Å². The van der Waals surface area contributed by atoms with E-state index in [1.807, 2.05) is 0 Å². The van der Waals surface area contributed by atoms with Gasteiger partial charge in [0.2, 0.25) is 0 Å². The molecular weight excluding hydrogens is 280 g/mol. The number of aromatic hydroxyl groups is 1. The highest BCUT2D eigenvalue weighted by atomic mass is 35.5. The molecule has 1 N–H and O–H groups in total. The highest BCUT2D eigenvalue weighted by Gasteiger charge is 2.11. The molecular formula is C15H13ClO4. The number of methoxy groups -OCH3 is 1. The van der Waals surface area contributed by atoms with Gasteiger partial charge in [0.05, 0.1) is 13.5 Å². The minimum absolute atomic E-state index is 0.0645. The molecule has 0 unspecified atom stereocenters. The molecule has 0 saturated carbocycles. The monoisotopic (exact) mass is 292 g/mol. The first-order valence-electron chi connectivity index (χ1n) is 5.91. The SMILES string of the molecule is COC(=O)Cc1ccccc1Oc1ccc(Cl)cc1O. The average molecular weight is 293 g/mol. The summed E-state index contributed by atoms with van der Waals surface area (Å²) in [7, 11) is 1.33. The van der Waals surface area contributed by atoms with E-state index in [1.165, 1.54) is 13.2 Å². The fraction of sp³-hybridized carbons (Fsp3) is 0.133.